The van der Waals surface area contributed by atoms with E-state index in [0.29, 0.717) is 23.5 Å². The lowest BCUT2D eigenvalue weighted by Crippen LogP contribution is -2.16. The van der Waals surface area contributed by atoms with Crippen LogP contribution in [0.2, 0.25) is 0 Å². The minimum absolute atomic E-state index is 0.180. The van der Waals surface area contributed by atoms with Crippen molar-refractivity contribution in [3.05, 3.63) is 47.3 Å². The molecule has 28 heavy (non-hydrogen) atoms. The molecule has 0 radical (unpaired) electrons. The number of nitrogens with one attached hydrogen (secondary N) is 1. The van der Waals surface area contributed by atoms with E-state index in [9.17, 15) is 4.79 Å². The van der Waals surface area contributed by atoms with Crippen molar-refractivity contribution in [2.45, 2.75) is 32.8 Å². The lowest BCUT2D eigenvalue weighted by Gasteiger charge is -2.12. The van der Waals surface area contributed by atoms with Crippen LogP contribution < -0.4 is 10.1 Å². The summed E-state index contributed by atoms with van der Waals surface area (Å²) in [5.41, 5.74) is 3.55. The lowest BCUT2D eigenvalue weighted by atomic mass is 10.1. The van der Waals surface area contributed by atoms with Crippen LogP contribution >= 0.6 is 0 Å². The minimum atomic E-state index is -0.181. The topological polar surface area (TPSA) is 78.3 Å². The summed E-state index contributed by atoms with van der Waals surface area (Å²) < 4.78 is 13.0. The van der Waals surface area contributed by atoms with Gasteiger partial charge in [-0.05, 0) is 57.0 Å². The molecular formula is C21H24N4O3. The Bertz CT molecular complexity index is 1000. The molecule has 1 amide bonds. The highest BCUT2D eigenvalue weighted by Crippen LogP contribution is 2.24. The molecule has 1 saturated heterocycles. The first kappa shape index (κ1) is 18.4. The Kier molecular flexibility index (Phi) is 5.00. The molecular weight excluding hydrogens is 356 g/mol. The largest absolute Gasteiger partial charge is 0.491 e. The minimum Gasteiger partial charge on any atom is -0.491 e. The number of anilines is 1. The first-order chi connectivity index (χ1) is 13.5. The van der Waals surface area contributed by atoms with E-state index in [-0.39, 0.29) is 12.0 Å². The van der Waals surface area contributed by atoms with E-state index >= 15 is 0 Å². The maximum atomic E-state index is 12.9. The molecule has 7 heteroatoms. The molecule has 0 aliphatic carbocycles. The van der Waals surface area contributed by atoms with Gasteiger partial charge in [-0.3, -0.25) is 9.48 Å². The number of pyridine rings is 1. The molecule has 4 rings (SSSR count). The fraction of sp³-hybridized carbons (Fsp3) is 0.381. The number of hydrogen-bond acceptors (Lipinski definition) is 5. The second kappa shape index (κ2) is 7.59. The molecule has 7 nitrogen and oxygen atoms in total. The van der Waals surface area contributed by atoms with Crippen LogP contribution in [0, 0.1) is 13.8 Å². The van der Waals surface area contributed by atoms with E-state index in [2.05, 4.69) is 15.4 Å². The lowest BCUT2D eigenvalue weighted by molar-refractivity contribution is 0.0679. The van der Waals surface area contributed by atoms with Crippen molar-refractivity contribution in [3.63, 3.8) is 0 Å². The van der Waals surface area contributed by atoms with Crippen molar-refractivity contribution in [1.29, 1.82) is 0 Å². The predicted molar refractivity (Wildman–Crippen MR) is 107 cm³/mol. The third-order valence-electron chi connectivity index (χ3n) is 4.91. The summed E-state index contributed by atoms with van der Waals surface area (Å²) in [6.07, 6.45) is 2.32. The van der Waals surface area contributed by atoms with Gasteiger partial charge in [0.25, 0.3) is 5.91 Å². The SMILES string of the molecule is Cc1cc(C(=O)Nc2ccc(OCC3CCCO3)cc2)c2c(C)nn(C)c2n1. The number of ether oxygens (including phenoxy) is 2. The number of benzene rings is 1. The van der Waals surface area contributed by atoms with Crippen LogP contribution in [0.25, 0.3) is 11.0 Å². The Labute approximate surface area is 163 Å². The molecule has 3 aromatic rings. The number of carbonyl (C=O) groups excluding carboxylic acids is 1. The Morgan fingerprint density at radius 1 is 1.32 bits per heavy atom. The Hall–Kier alpha value is -2.93. The number of hydrogen-bond donors (Lipinski definition) is 1. The zero-order chi connectivity index (χ0) is 19.7. The average molecular weight is 380 g/mol. The molecule has 3 heterocycles. The van der Waals surface area contributed by atoms with Crippen molar-refractivity contribution in [1.82, 2.24) is 14.8 Å². The van der Waals surface area contributed by atoms with Gasteiger partial charge in [0.2, 0.25) is 0 Å². The summed E-state index contributed by atoms with van der Waals surface area (Å²) in [6, 6.07) is 9.18. The average Bonchev–Trinajstić information content (AvgIpc) is 3.29. The normalized spacial score (nSPS) is 16.5. The molecule has 0 saturated carbocycles. The predicted octanol–water partition coefficient (Wildman–Crippen LogP) is 3.40. The number of amides is 1. The molecule has 0 spiro atoms. The van der Waals surface area contributed by atoms with Gasteiger partial charge in [-0.15, -0.1) is 0 Å². The van der Waals surface area contributed by atoms with Gasteiger partial charge in [0.1, 0.15) is 12.4 Å². The molecule has 1 fully saturated rings. The highest BCUT2D eigenvalue weighted by atomic mass is 16.5. The molecule has 1 atom stereocenters. The van der Waals surface area contributed by atoms with Crippen molar-refractivity contribution in [2.75, 3.05) is 18.5 Å². The van der Waals surface area contributed by atoms with E-state index in [1.165, 1.54) is 0 Å². The van der Waals surface area contributed by atoms with Gasteiger partial charge >= 0.3 is 0 Å². The van der Waals surface area contributed by atoms with Crippen molar-refractivity contribution in [2.24, 2.45) is 7.05 Å². The number of aromatic nitrogens is 3. The van der Waals surface area contributed by atoms with Gasteiger partial charge in [0, 0.05) is 25.0 Å². The summed E-state index contributed by atoms with van der Waals surface area (Å²) >= 11 is 0. The molecule has 146 valence electrons. The Balaban J connectivity index is 1.48. The summed E-state index contributed by atoms with van der Waals surface area (Å²) in [4.78, 5) is 17.4. The van der Waals surface area contributed by atoms with Gasteiger partial charge in [-0.1, -0.05) is 0 Å². The van der Waals surface area contributed by atoms with E-state index in [0.717, 1.165) is 42.0 Å². The first-order valence-corrected chi connectivity index (χ1v) is 9.48. The number of rotatable bonds is 5. The summed E-state index contributed by atoms with van der Waals surface area (Å²) in [5.74, 6) is 0.582. The van der Waals surface area contributed by atoms with Crippen LogP contribution in [0.3, 0.4) is 0 Å². The van der Waals surface area contributed by atoms with Crippen LogP contribution in [0.15, 0.2) is 30.3 Å². The van der Waals surface area contributed by atoms with Crippen molar-refractivity contribution in [3.8, 4) is 5.75 Å². The highest BCUT2D eigenvalue weighted by molar-refractivity contribution is 6.12. The highest BCUT2D eigenvalue weighted by Gasteiger charge is 2.18. The van der Waals surface area contributed by atoms with Gasteiger partial charge in [0.15, 0.2) is 5.65 Å². The van der Waals surface area contributed by atoms with E-state index in [4.69, 9.17) is 9.47 Å². The van der Waals surface area contributed by atoms with Crippen LogP contribution in [0.1, 0.15) is 34.6 Å². The molecule has 1 aliphatic rings. The molecule has 1 aliphatic heterocycles. The van der Waals surface area contributed by atoms with Gasteiger partial charge in [-0.2, -0.15) is 5.10 Å². The van der Waals surface area contributed by atoms with E-state index in [1.807, 2.05) is 45.2 Å². The zero-order valence-corrected chi connectivity index (χ0v) is 16.4. The number of nitrogens with zero attached hydrogens (tertiary/aromatic N) is 3. The number of carbonyl (C=O) groups is 1. The second-order valence-corrected chi connectivity index (χ2v) is 7.14. The number of fused-ring (bicyclic) bond motifs is 1. The third kappa shape index (κ3) is 3.71. The quantitative estimate of drug-likeness (QED) is 0.734. The van der Waals surface area contributed by atoms with Crippen molar-refractivity contribution >= 4 is 22.6 Å². The fourth-order valence-corrected chi connectivity index (χ4v) is 3.55. The van der Waals surface area contributed by atoms with Gasteiger partial charge in [-0.25, -0.2) is 4.98 Å². The maximum absolute atomic E-state index is 12.9. The summed E-state index contributed by atoms with van der Waals surface area (Å²) in [7, 11) is 1.83. The summed E-state index contributed by atoms with van der Waals surface area (Å²) in [5, 5.41) is 8.13. The molecule has 0 bridgehead atoms. The molecule has 1 N–H and O–H groups in total. The molecule has 2 aromatic heterocycles. The molecule has 1 unspecified atom stereocenters. The Morgan fingerprint density at radius 2 is 2.11 bits per heavy atom. The third-order valence-corrected chi connectivity index (χ3v) is 4.91. The second-order valence-electron chi connectivity index (χ2n) is 7.14. The van der Waals surface area contributed by atoms with Gasteiger partial charge < -0.3 is 14.8 Å². The van der Waals surface area contributed by atoms with E-state index < -0.39 is 0 Å². The van der Waals surface area contributed by atoms with Gasteiger partial charge in [0.05, 0.1) is 22.7 Å². The molecule has 1 aromatic carbocycles. The monoisotopic (exact) mass is 380 g/mol. The zero-order valence-electron chi connectivity index (χ0n) is 16.4. The van der Waals surface area contributed by atoms with Crippen LogP contribution in [-0.4, -0.2) is 40.0 Å². The van der Waals surface area contributed by atoms with Crippen molar-refractivity contribution < 1.29 is 14.3 Å². The maximum Gasteiger partial charge on any atom is 0.256 e. The van der Waals surface area contributed by atoms with Crippen LogP contribution in [0.5, 0.6) is 5.75 Å². The van der Waals surface area contributed by atoms with E-state index in [1.54, 1.807) is 10.7 Å². The standard InChI is InChI=1S/C21H24N4O3/c1-13-11-18(19-14(2)24-25(3)20(19)22-13)21(26)23-15-6-8-16(9-7-15)28-12-17-5-4-10-27-17/h6-9,11,17H,4-5,10,12H2,1-3H3,(H,23,26). The summed E-state index contributed by atoms with van der Waals surface area (Å²) in [6.45, 7) is 5.13. The van der Waals surface area contributed by atoms with Crippen LogP contribution in [0.4, 0.5) is 5.69 Å². The Morgan fingerprint density at radius 3 is 2.82 bits per heavy atom. The fourth-order valence-electron chi connectivity index (χ4n) is 3.55. The van der Waals surface area contributed by atoms with Crippen LogP contribution in [-0.2, 0) is 11.8 Å². The number of aryl methyl sites for hydroxylation is 3. The first-order valence-electron chi connectivity index (χ1n) is 9.48. The smallest absolute Gasteiger partial charge is 0.256 e.